The Hall–Kier alpha value is -0.710. The largest absolute Gasteiger partial charge is 0.480 e. The number of hydrogen-bond donors (Lipinski definition) is 1. The van der Waals surface area contributed by atoms with Gasteiger partial charge in [-0.15, -0.1) is 11.8 Å². The van der Waals surface area contributed by atoms with Crippen LogP contribution in [0, 0.1) is 0 Å². The third kappa shape index (κ3) is 4.19. The molecule has 1 atom stereocenters. The van der Waals surface area contributed by atoms with Crippen LogP contribution in [0.1, 0.15) is 46.5 Å². The smallest absolute Gasteiger partial charge is 0.319 e. The maximum Gasteiger partial charge on any atom is 0.319 e. The lowest BCUT2D eigenvalue weighted by molar-refractivity contribution is -0.138. The number of carboxylic acids is 1. The van der Waals surface area contributed by atoms with Crippen LogP contribution in [0.25, 0.3) is 0 Å². The number of carbonyl (C=O) groups excluding carboxylic acids is 1. The number of aliphatic carboxylic acids is 1. The topological polar surface area (TPSA) is 57.6 Å². The van der Waals surface area contributed by atoms with Crippen molar-refractivity contribution in [1.82, 2.24) is 4.90 Å². The van der Waals surface area contributed by atoms with Crippen molar-refractivity contribution in [2.24, 2.45) is 0 Å². The number of carboxylic acid groups (broad SMARTS) is 1. The van der Waals surface area contributed by atoms with Crippen LogP contribution in [0.2, 0.25) is 0 Å². The zero-order chi connectivity index (χ0) is 13.8. The highest BCUT2D eigenvalue weighted by Crippen LogP contribution is 2.30. The van der Waals surface area contributed by atoms with Crippen molar-refractivity contribution >= 4 is 23.6 Å². The summed E-state index contributed by atoms with van der Waals surface area (Å²) in [5.74, 6) is -0.792. The second-order valence-corrected chi connectivity index (χ2v) is 7.28. The van der Waals surface area contributed by atoms with Crippen LogP contribution in [0.4, 0.5) is 0 Å². The van der Waals surface area contributed by atoms with Crippen LogP contribution >= 0.6 is 11.8 Å². The van der Waals surface area contributed by atoms with Gasteiger partial charge in [-0.1, -0.05) is 12.8 Å². The van der Waals surface area contributed by atoms with Gasteiger partial charge in [-0.2, -0.15) is 0 Å². The predicted octanol–water partition coefficient (Wildman–Crippen LogP) is 2.37. The number of rotatable bonds is 4. The van der Waals surface area contributed by atoms with E-state index in [9.17, 15) is 9.59 Å². The first-order valence-electron chi connectivity index (χ1n) is 6.54. The maximum absolute atomic E-state index is 12.3. The third-order valence-electron chi connectivity index (χ3n) is 3.25. The van der Waals surface area contributed by atoms with Gasteiger partial charge in [0.15, 0.2) is 0 Å². The Bertz CT molecular complexity index is 309. The predicted molar refractivity (Wildman–Crippen MR) is 73.8 cm³/mol. The molecule has 1 unspecified atom stereocenters. The second kappa shape index (κ2) is 6.45. The molecule has 18 heavy (non-hydrogen) atoms. The van der Waals surface area contributed by atoms with Crippen molar-refractivity contribution in [3.63, 3.8) is 0 Å². The third-order valence-corrected chi connectivity index (χ3v) is 4.57. The van der Waals surface area contributed by atoms with Crippen LogP contribution in [0.3, 0.4) is 0 Å². The lowest BCUT2D eigenvalue weighted by Gasteiger charge is -2.27. The summed E-state index contributed by atoms with van der Waals surface area (Å²) < 4.78 is -0.916. The van der Waals surface area contributed by atoms with Gasteiger partial charge in [-0.05, 0) is 33.6 Å². The van der Waals surface area contributed by atoms with Gasteiger partial charge < -0.3 is 10.0 Å². The Morgan fingerprint density at radius 1 is 1.17 bits per heavy atom. The van der Waals surface area contributed by atoms with Crippen molar-refractivity contribution in [2.75, 3.05) is 13.1 Å². The van der Waals surface area contributed by atoms with E-state index in [2.05, 4.69) is 0 Å². The zero-order valence-electron chi connectivity index (χ0n) is 11.4. The summed E-state index contributed by atoms with van der Waals surface area (Å²) in [4.78, 5) is 25.2. The molecule has 1 amide bonds. The summed E-state index contributed by atoms with van der Waals surface area (Å²) in [6.45, 7) is 6.73. The first-order valence-corrected chi connectivity index (χ1v) is 7.42. The van der Waals surface area contributed by atoms with Crippen LogP contribution in [0.15, 0.2) is 0 Å². The fourth-order valence-electron chi connectivity index (χ4n) is 2.09. The molecule has 1 saturated heterocycles. The van der Waals surface area contributed by atoms with Crippen molar-refractivity contribution in [2.45, 2.75) is 56.5 Å². The summed E-state index contributed by atoms with van der Waals surface area (Å²) >= 11 is 1.23. The van der Waals surface area contributed by atoms with Crippen molar-refractivity contribution < 1.29 is 14.7 Å². The normalized spacial score (nSPS) is 19.2. The highest BCUT2D eigenvalue weighted by Gasteiger charge is 2.33. The lowest BCUT2D eigenvalue weighted by atomic mass is 10.2. The van der Waals surface area contributed by atoms with E-state index < -0.39 is 10.7 Å². The van der Waals surface area contributed by atoms with Gasteiger partial charge in [0.05, 0.1) is 5.25 Å². The second-order valence-electron chi connectivity index (χ2n) is 5.32. The molecule has 0 aromatic rings. The number of amides is 1. The quantitative estimate of drug-likeness (QED) is 0.854. The molecule has 0 spiro atoms. The molecule has 5 heteroatoms. The van der Waals surface area contributed by atoms with Gasteiger partial charge in [0.2, 0.25) is 5.91 Å². The Kier molecular flexibility index (Phi) is 5.50. The van der Waals surface area contributed by atoms with E-state index >= 15 is 0 Å². The van der Waals surface area contributed by atoms with E-state index in [1.54, 1.807) is 13.8 Å². The molecular weight excluding hydrogens is 250 g/mol. The van der Waals surface area contributed by atoms with Crippen molar-refractivity contribution in [3.8, 4) is 0 Å². The fraction of sp³-hybridized carbons (Fsp3) is 0.846. The molecule has 1 fully saturated rings. The molecule has 0 radical (unpaired) electrons. The van der Waals surface area contributed by atoms with E-state index in [0.717, 1.165) is 25.9 Å². The lowest BCUT2D eigenvalue weighted by Crippen LogP contribution is -2.40. The Balaban J connectivity index is 2.57. The molecule has 1 N–H and O–H groups in total. The van der Waals surface area contributed by atoms with E-state index in [0.29, 0.717) is 0 Å². The van der Waals surface area contributed by atoms with Crippen LogP contribution < -0.4 is 0 Å². The number of nitrogens with zero attached hydrogens (tertiary/aromatic N) is 1. The molecule has 4 nitrogen and oxygen atoms in total. The average molecular weight is 273 g/mol. The minimum atomic E-state index is -0.916. The number of likely N-dealkylation sites (tertiary alicyclic amines) is 1. The molecule has 104 valence electrons. The Labute approximate surface area is 113 Å². The van der Waals surface area contributed by atoms with E-state index in [1.165, 1.54) is 24.6 Å². The monoisotopic (exact) mass is 273 g/mol. The highest BCUT2D eigenvalue weighted by molar-refractivity contribution is 8.02. The summed E-state index contributed by atoms with van der Waals surface area (Å²) in [7, 11) is 0. The van der Waals surface area contributed by atoms with Gasteiger partial charge in [0, 0.05) is 13.1 Å². The molecule has 0 saturated carbocycles. The summed E-state index contributed by atoms with van der Waals surface area (Å²) in [5.41, 5.74) is 0. The molecule has 1 aliphatic heterocycles. The van der Waals surface area contributed by atoms with E-state index in [4.69, 9.17) is 5.11 Å². The summed E-state index contributed by atoms with van der Waals surface area (Å²) in [6.07, 6.45) is 4.49. The molecule has 0 bridgehead atoms. The Morgan fingerprint density at radius 3 is 2.11 bits per heavy atom. The van der Waals surface area contributed by atoms with Gasteiger partial charge in [-0.3, -0.25) is 9.59 Å². The standard InChI is InChI=1S/C13H23NO3S/c1-10(18-13(2,3)12(16)17)11(15)14-8-6-4-5-7-9-14/h10H,4-9H2,1-3H3,(H,16,17). The summed E-state index contributed by atoms with van der Waals surface area (Å²) in [5, 5.41) is 8.78. The minimum Gasteiger partial charge on any atom is -0.480 e. The number of thioether (sulfide) groups is 1. The molecular formula is C13H23NO3S. The van der Waals surface area contributed by atoms with Crippen LogP contribution in [-0.2, 0) is 9.59 Å². The van der Waals surface area contributed by atoms with E-state index in [1.807, 2.05) is 11.8 Å². The Morgan fingerprint density at radius 2 is 1.67 bits per heavy atom. The van der Waals surface area contributed by atoms with Crippen molar-refractivity contribution in [1.29, 1.82) is 0 Å². The first-order chi connectivity index (χ1) is 8.34. The van der Waals surface area contributed by atoms with E-state index in [-0.39, 0.29) is 11.2 Å². The average Bonchev–Trinajstić information content (AvgIpc) is 2.55. The first kappa shape index (κ1) is 15.3. The molecule has 0 aromatic carbocycles. The highest BCUT2D eigenvalue weighted by atomic mass is 32.2. The molecule has 0 aliphatic carbocycles. The molecule has 0 aromatic heterocycles. The summed E-state index contributed by atoms with van der Waals surface area (Å²) in [6, 6.07) is 0. The van der Waals surface area contributed by atoms with Gasteiger partial charge in [-0.25, -0.2) is 0 Å². The minimum absolute atomic E-state index is 0.0798. The molecule has 1 rings (SSSR count). The molecule has 1 heterocycles. The SMILES string of the molecule is CC(SC(C)(C)C(=O)O)C(=O)N1CCCCCC1. The van der Waals surface area contributed by atoms with Gasteiger partial charge in [0.25, 0.3) is 0 Å². The van der Waals surface area contributed by atoms with Crippen LogP contribution in [-0.4, -0.2) is 45.0 Å². The van der Waals surface area contributed by atoms with Crippen molar-refractivity contribution in [3.05, 3.63) is 0 Å². The van der Waals surface area contributed by atoms with Gasteiger partial charge >= 0.3 is 5.97 Å². The molecule has 1 aliphatic rings. The van der Waals surface area contributed by atoms with Crippen LogP contribution in [0.5, 0.6) is 0 Å². The maximum atomic E-state index is 12.3. The number of carbonyl (C=O) groups is 2. The fourth-order valence-corrected chi connectivity index (χ4v) is 3.33. The zero-order valence-corrected chi connectivity index (χ0v) is 12.3. The number of hydrogen-bond acceptors (Lipinski definition) is 3. The van der Waals surface area contributed by atoms with Gasteiger partial charge in [0.1, 0.15) is 4.75 Å².